The second-order valence-electron chi connectivity index (χ2n) is 9.17. The summed E-state index contributed by atoms with van der Waals surface area (Å²) in [4.78, 5) is 22.3. The van der Waals surface area contributed by atoms with Gasteiger partial charge in [0.1, 0.15) is 6.04 Å². The van der Waals surface area contributed by atoms with E-state index >= 15 is 0 Å². The van der Waals surface area contributed by atoms with Crippen LogP contribution in [0.2, 0.25) is 0 Å². The van der Waals surface area contributed by atoms with Crippen molar-refractivity contribution >= 4 is 23.2 Å². The Balaban J connectivity index is 1.28. The minimum absolute atomic E-state index is 0.0455. The van der Waals surface area contributed by atoms with Crippen LogP contribution in [0.15, 0.2) is 97.2 Å². The zero-order valence-corrected chi connectivity index (χ0v) is 20.2. The van der Waals surface area contributed by atoms with E-state index in [1.165, 1.54) is 19.3 Å². The predicted molar refractivity (Wildman–Crippen MR) is 145 cm³/mol. The average Bonchev–Trinajstić information content (AvgIpc) is 2.94. The monoisotopic (exact) mass is 477 g/mol. The maximum atomic E-state index is 13.4. The summed E-state index contributed by atoms with van der Waals surface area (Å²) in [6.45, 7) is 0. The molecule has 0 saturated heterocycles. The summed E-state index contributed by atoms with van der Waals surface area (Å²) in [5.74, 6) is 0.492. The van der Waals surface area contributed by atoms with Crippen LogP contribution in [-0.2, 0) is 4.79 Å². The third-order valence-electron chi connectivity index (χ3n) is 6.54. The Labute approximate surface area is 212 Å². The zero-order chi connectivity index (χ0) is 24.6. The summed E-state index contributed by atoms with van der Waals surface area (Å²) in [5, 5.41) is 9.95. The van der Waals surface area contributed by atoms with Crippen LogP contribution in [-0.4, -0.2) is 21.9 Å². The molecule has 0 bridgehead atoms. The lowest BCUT2D eigenvalue weighted by atomic mass is 9.93. The van der Waals surface area contributed by atoms with Crippen molar-refractivity contribution in [2.75, 3.05) is 10.6 Å². The minimum Gasteiger partial charge on any atom is -0.324 e. The molecule has 0 radical (unpaired) electrons. The zero-order valence-electron chi connectivity index (χ0n) is 20.2. The molecule has 0 aliphatic heterocycles. The van der Waals surface area contributed by atoms with Gasteiger partial charge in [-0.1, -0.05) is 79.9 Å². The highest BCUT2D eigenvalue weighted by Crippen LogP contribution is 2.25. The molecule has 6 nitrogen and oxygen atoms in total. The van der Waals surface area contributed by atoms with Crippen LogP contribution >= 0.6 is 0 Å². The van der Waals surface area contributed by atoms with Crippen LogP contribution in [0.1, 0.15) is 43.7 Å². The van der Waals surface area contributed by atoms with Gasteiger partial charge in [0.2, 0.25) is 11.9 Å². The number of nitrogens with zero attached hydrogens (tertiary/aromatic N) is 2. The van der Waals surface area contributed by atoms with Crippen molar-refractivity contribution in [3.8, 4) is 11.3 Å². The van der Waals surface area contributed by atoms with Gasteiger partial charge in [0.15, 0.2) is 0 Å². The maximum absolute atomic E-state index is 13.4. The molecule has 1 heterocycles. The number of nitrogens with one attached hydrogen (secondary N) is 3. The number of para-hydroxylation sites is 1. The fourth-order valence-electron chi connectivity index (χ4n) is 4.64. The molecule has 1 unspecified atom stereocenters. The quantitative estimate of drug-likeness (QED) is 0.270. The number of rotatable bonds is 8. The van der Waals surface area contributed by atoms with Crippen molar-refractivity contribution in [2.45, 2.75) is 44.2 Å². The standard InChI is InChI=1S/C30H31N5O/c36-29(28(23-10-4-1-5-11-23)32-24-12-6-2-7-13-24)33-26-18-16-22(17-19-26)27-20-21-31-30(35-27)34-25-14-8-3-9-15-25/h1,3-5,8-11,14-21,24,28,32H,2,6-7,12-13H2,(H,33,36)(H,31,34,35). The van der Waals surface area contributed by atoms with Crippen LogP contribution in [0.25, 0.3) is 11.3 Å². The molecule has 3 N–H and O–H groups in total. The molecule has 182 valence electrons. The Morgan fingerprint density at radius 3 is 2.19 bits per heavy atom. The van der Waals surface area contributed by atoms with Gasteiger partial charge in [-0.3, -0.25) is 10.1 Å². The van der Waals surface area contributed by atoms with Crippen LogP contribution < -0.4 is 16.0 Å². The number of anilines is 3. The molecule has 5 rings (SSSR count). The van der Waals surface area contributed by atoms with Crippen molar-refractivity contribution in [2.24, 2.45) is 0 Å². The highest BCUT2D eigenvalue weighted by atomic mass is 16.2. The van der Waals surface area contributed by atoms with E-state index in [2.05, 4.69) is 25.9 Å². The number of amides is 1. The molecular weight excluding hydrogens is 446 g/mol. The number of hydrogen-bond acceptors (Lipinski definition) is 5. The highest BCUT2D eigenvalue weighted by molar-refractivity contribution is 5.95. The Bertz CT molecular complexity index is 1260. The average molecular weight is 478 g/mol. The summed E-state index contributed by atoms with van der Waals surface area (Å²) >= 11 is 0. The first kappa shape index (κ1) is 23.7. The van der Waals surface area contributed by atoms with E-state index in [0.29, 0.717) is 12.0 Å². The molecule has 3 aromatic carbocycles. The van der Waals surface area contributed by atoms with Crippen molar-refractivity contribution in [1.82, 2.24) is 15.3 Å². The van der Waals surface area contributed by atoms with Crippen LogP contribution in [0.4, 0.5) is 17.3 Å². The Hall–Kier alpha value is -4.03. The number of aromatic nitrogens is 2. The lowest BCUT2D eigenvalue weighted by Gasteiger charge is -2.28. The van der Waals surface area contributed by atoms with Gasteiger partial charge in [-0.15, -0.1) is 0 Å². The molecule has 1 aliphatic carbocycles. The molecule has 36 heavy (non-hydrogen) atoms. The van der Waals surface area contributed by atoms with Gasteiger partial charge in [0.25, 0.3) is 0 Å². The number of benzene rings is 3. The van der Waals surface area contributed by atoms with E-state index in [1.807, 2.05) is 91.0 Å². The van der Waals surface area contributed by atoms with Gasteiger partial charge in [-0.25, -0.2) is 9.97 Å². The molecule has 1 fully saturated rings. The van der Waals surface area contributed by atoms with Crippen LogP contribution in [0.3, 0.4) is 0 Å². The number of carbonyl (C=O) groups is 1. The molecular formula is C30H31N5O. The highest BCUT2D eigenvalue weighted by Gasteiger charge is 2.25. The molecule has 4 aromatic rings. The summed E-state index contributed by atoms with van der Waals surface area (Å²) in [5.41, 5.74) is 4.43. The smallest absolute Gasteiger partial charge is 0.246 e. The second-order valence-corrected chi connectivity index (χ2v) is 9.17. The lowest BCUT2D eigenvalue weighted by Crippen LogP contribution is -2.40. The molecule has 1 saturated carbocycles. The van der Waals surface area contributed by atoms with Gasteiger partial charge in [-0.2, -0.15) is 0 Å². The molecule has 0 spiro atoms. The van der Waals surface area contributed by atoms with Gasteiger partial charge < -0.3 is 10.6 Å². The fourth-order valence-corrected chi connectivity index (χ4v) is 4.64. The van der Waals surface area contributed by atoms with E-state index in [9.17, 15) is 4.79 Å². The third kappa shape index (κ3) is 6.15. The van der Waals surface area contributed by atoms with E-state index in [4.69, 9.17) is 0 Å². The summed E-state index contributed by atoms with van der Waals surface area (Å²) < 4.78 is 0. The van der Waals surface area contributed by atoms with E-state index in [0.717, 1.165) is 41.0 Å². The summed E-state index contributed by atoms with van der Waals surface area (Å²) in [6.07, 6.45) is 7.69. The second kappa shape index (κ2) is 11.6. The van der Waals surface area contributed by atoms with Crippen molar-refractivity contribution in [3.05, 3.63) is 103 Å². The first-order valence-corrected chi connectivity index (χ1v) is 12.6. The first-order chi connectivity index (χ1) is 17.7. The minimum atomic E-state index is -0.387. The SMILES string of the molecule is O=C(Nc1ccc(-c2ccnc(Nc3ccccc3)n2)cc1)C(NC1CCCCC1)c1ccccc1. The molecule has 6 heteroatoms. The van der Waals surface area contributed by atoms with Crippen molar-refractivity contribution in [3.63, 3.8) is 0 Å². The van der Waals surface area contributed by atoms with Crippen molar-refractivity contribution in [1.29, 1.82) is 0 Å². The normalized spacial score (nSPS) is 14.7. The lowest BCUT2D eigenvalue weighted by molar-refractivity contribution is -0.118. The van der Waals surface area contributed by atoms with Crippen molar-refractivity contribution < 1.29 is 4.79 Å². The van der Waals surface area contributed by atoms with Gasteiger partial charge >= 0.3 is 0 Å². The van der Waals surface area contributed by atoms with Gasteiger partial charge in [0, 0.05) is 29.2 Å². The summed E-state index contributed by atoms with van der Waals surface area (Å²) in [6, 6.07) is 29.4. The molecule has 1 aliphatic rings. The topological polar surface area (TPSA) is 78.9 Å². The van der Waals surface area contributed by atoms with Gasteiger partial charge in [0.05, 0.1) is 5.69 Å². The maximum Gasteiger partial charge on any atom is 0.246 e. The summed E-state index contributed by atoms with van der Waals surface area (Å²) in [7, 11) is 0. The van der Waals surface area contributed by atoms with Gasteiger partial charge in [-0.05, 0) is 48.7 Å². The Morgan fingerprint density at radius 2 is 1.47 bits per heavy atom. The largest absolute Gasteiger partial charge is 0.324 e. The Morgan fingerprint density at radius 1 is 0.778 bits per heavy atom. The third-order valence-corrected chi connectivity index (χ3v) is 6.54. The molecule has 1 aromatic heterocycles. The van der Waals surface area contributed by atoms with E-state index < -0.39 is 0 Å². The molecule has 1 atom stereocenters. The van der Waals surface area contributed by atoms with E-state index in [1.54, 1.807) is 6.20 Å². The molecule has 1 amide bonds. The van der Waals surface area contributed by atoms with E-state index in [-0.39, 0.29) is 11.9 Å². The Kier molecular flexibility index (Phi) is 7.64. The fraction of sp³-hybridized carbons (Fsp3) is 0.233. The number of carbonyl (C=O) groups excluding carboxylic acids is 1. The predicted octanol–water partition coefficient (Wildman–Crippen LogP) is 6.49. The van der Waals surface area contributed by atoms with Crippen LogP contribution in [0.5, 0.6) is 0 Å². The first-order valence-electron chi connectivity index (χ1n) is 12.6. The van der Waals surface area contributed by atoms with Crippen LogP contribution in [0, 0.1) is 0 Å². The number of hydrogen-bond donors (Lipinski definition) is 3.